The van der Waals surface area contributed by atoms with Crippen LogP contribution in [0, 0.1) is 5.92 Å². The summed E-state index contributed by atoms with van der Waals surface area (Å²) < 4.78 is 0. The molecule has 77 heavy (non-hydrogen) atoms. The Morgan fingerprint density at radius 3 is 1.16 bits per heavy atom. The molecule has 0 unspecified atom stereocenters. The molecule has 0 saturated carbocycles. The van der Waals surface area contributed by atoms with Crippen LogP contribution in [0.3, 0.4) is 0 Å². The van der Waals surface area contributed by atoms with Gasteiger partial charge in [0.2, 0.25) is 70.9 Å². The number of amides is 12. The molecular weight excluding hydrogens is 1010 g/mol. The van der Waals surface area contributed by atoms with Crippen molar-refractivity contribution in [3.05, 3.63) is 71.8 Å². The second-order valence-electron chi connectivity index (χ2n) is 18.0. The Bertz CT molecular complexity index is 2450. The van der Waals surface area contributed by atoms with Crippen molar-refractivity contribution in [1.82, 2.24) is 42.5 Å². The number of carboxylic acids is 1. The molecular formula is C48H67N13O16. The summed E-state index contributed by atoms with van der Waals surface area (Å²) in [6.45, 7) is 2.17. The molecule has 20 N–H and O–H groups in total. The zero-order chi connectivity index (χ0) is 57.9. The third-order valence-corrected chi connectivity index (χ3v) is 11.3. The van der Waals surface area contributed by atoms with E-state index < -0.39 is 176 Å². The summed E-state index contributed by atoms with van der Waals surface area (Å²) in [7, 11) is 0. The highest BCUT2D eigenvalue weighted by atomic mass is 16.4. The van der Waals surface area contributed by atoms with E-state index in [1.807, 2.05) is 0 Å². The molecule has 0 bridgehead atoms. The second-order valence-corrected chi connectivity index (χ2v) is 18.0. The van der Waals surface area contributed by atoms with Crippen LogP contribution in [0.2, 0.25) is 0 Å². The number of carboxylic acid groups (broad SMARTS) is 1. The highest BCUT2D eigenvalue weighted by molar-refractivity contribution is 6.00. The van der Waals surface area contributed by atoms with E-state index in [0.717, 1.165) is 0 Å². The van der Waals surface area contributed by atoms with Gasteiger partial charge in [0.25, 0.3) is 0 Å². The minimum Gasteiger partial charge on any atom is -0.481 e. The summed E-state index contributed by atoms with van der Waals surface area (Å²) in [5.74, 6) is -15.5. The van der Waals surface area contributed by atoms with Crippen molar-refractivity contribution in [2.45, 2.75) is 126 Å². The van der Waals surface area contributed by atoms with Crippen molar-refractivity contribution in [1.29, 1.82) is 0 Å². The summed E-state index contributed by atoms with van der Waals surface area (Å²) in [5.41, 5.74) is 28.3. The summed E-state index contributed by atoms with van der Waals surface area (Å²) in [5, 5.41) is 37.4. The molecule has 0 aliphatic heterocycles. The molecule has 0 spiro atoms. The zero-order valence-electron chi connectivity index (χ0n) is 42.2. The molecule has 2 rings (SSSR count). The van der Waals surface area contributed by atoms with Crippen molar-refractivity contribution in [3.8, 4) is 0 Å². The first kappa shape index (κ1) is 64.3. The molecule has 2 aromatic rings. The molecule has 0 radical (unpaired) electrons. The molecule has 0 saturated heterocycles. The molecule has 9 atom stereocenters. The molecule has 29 heteroatoms. The van der Waals surface area contributed by atoms with Crippen molar-refractivity contribution >= 4 is 83.1 Å². The lowest BCUT2D eigenvalue weighted by molar-refractivity contribution is -0.137. The van der Waals surface area contributed by atoms with Gasteiger partial charge in [0.15, 0.2) is 0 Å². The maximum atomic E-state index is 13.9. The molecule has 29 nitrogen and oxygen atoms in total. The second kappa shape index (κ2) is 32.4. The molecule has 0 aliphatic carbocycles. The van der Waals surface area contributed by atoms with Gasteiger partial charge in [-0.15, -0.1) is 0 Å². The van der Waals surface area contributed by atoms with Crippen LogP contribution < -0.4 is 71.2 Å². The van der Waals surface area contributed by atoms with E-state index in [9.17, 15) is 72.2 Å². The van der Waals surface area contributed by atoms with Crippen LogP contribution in [0.4, 0.5) is 0 Å². The predicted octanol–water partition coefficient (Wildman–Crippen LogP) is -6.72. The van der Waals surface area contributed by atoms with Gasteiger partial charge in [-0.1, -0.05) is 74.5 Å². The fourth-order valence-corrected chi connectivity index (χ4v) is 7.04. The van der Waals surface area contributed by atoms with Crippen molar-refractivity contribution < 1.29 is 77.3 Å². The lowest BCUT2D eigenvalue weighted by atomic mass is 10.0. The quantitative estimate of drug-likeness (QED) is 0.0285. The van der Waals surface area contributed by atoms with E-state index in [4.69, 9.17) is 33.8 Å². The summed E-state index contributed by atoms with van der Waals surface area (Å²) in [4.78, 5) is 180. The minimum atomic E-state index is -2.01. The number of aliphatic hydroxyl groups excluding tert-OH is 1. The van der Waals surface area contributed by atoms with Gasteiger partial charge in [-0.25, -0.2) is 0 Å². The molecule has 0 heterocycles. The normalized spacial score (nSPS) is 14.4. The van der Waals surface area contributed by atoms with E-state index in [0.29, 0.717) is 17.4 Å². The monoisotopic (exact) mass is 1080 g/mol. The third-order valence-electron chi connectivity index (χ3n) is 11.3. The standard InChI is InChI=1S/C48H67N13O16/c1-24(2)34(22-62)60-43(72)30(18-26-11-7-4-8-12-26)56-46(75)33(21-39(53)67)58-47(76)32(20-38(52)66)57-42(71)28(14-15-36(50)64)54-45(74)31(19-37(51)65)59-48(77)35(23-63)61-44(73)29(17-25-9-5-3-6-10-25)55-41(70)27(49)13-16-40(68)69/h3-12,22,24,27-35,63H,13-21,23,49H2,1-2H3,(H2,50,64)(H2,51,65)(H2,52,66)(H2,53,67)(H,54,74)(H,55,70)(H,56,75)(H,57,71)(H,58,76)(H,59,77)(H,60,72)(H,61,73)(H,68,69)/t27-,28-,29-,30-,31-,32-,33-,34+,35-/m0/s1. The zero-order valence-corrected chi connectivity index (χ0v) is 42.2. The van der Waals surface area contributed by atoms with Gasteiger partial charge in [0.1, 0.15) is 48.6 Å². The number of hydrogen-bond acceptors (Lipinski definition) is 16. The first-order chi connectivity index (χ1) is 36.2. The maximum Gasteiger partial charge on any atom is 0.303 e. The van der Waals surface area contributed by atoms with Gasteiger partial charge in [0.05, 0.1) is 38.0 Å². The summed E-state index contributed by atoms with van der Waals surface area (Å²) in [6.07, 6.45) is -4.80. The van der Waals surface area contributed by atoms with E-state index >= 15 is 0 Å². The number of rotatable bonds is 35. The number of nitrogens with two attached hydrogens (primary N) is 5. The number of aldehydes is 1. The minimum absolute atomic E-state index is 0.146. The maximum absolute atomic E-state index is 13.9. The topological polar surface area (TPSA) is 506 Å². The number of benzene rings is 2. The first-order valence-corrected chi connectivity index (χ1v) is 23.9. The van der Waals surface area contributed by atoms with Crippen molar-refractivity contribution in [2.75, 3.05) is 6.61 Å². The van der Waals surface area contributed by atoms with Crippen LogP contribution in [0.5, 0.6) is 0 Å². The molecule has 2 aromatic carbocycles. The highest BCUT2D eigenvalue weighted by Gasteiger charge is 2.36. The van der Waals surface area contributed by atoms with E-state index in [1.165, 1.54) is 0 Å². The summed E-state index contributed by atoms with van der Waals surface area (Å²) >= 11 is 0. The van der Waals surface area contributed by atoms with Crippen LogP contribution in [0.1, 0.15) is 69.9 Å². The van der Waals surface area contributed by atoms with Gasteiger partial charge in [0, 0.05) is 25.7 Å². The smallest absolute Gasteiger partial charge is 0.303 e. The van der Waals surface area contributed by atoms with Gasteiger partial charge in [-0.3, -0.25) is 62.3 Å². The first-order valence-electron chi connectivity index (χ1n) is 23.9. The fourth-order valence-electron chi connectivity index (χ4n) is 7.04. The van der Waals surface area contributed by atoms with Crippen LogP contribution >= 0.6 is 0 Å². The number of nitrogens with one attached hydrogen (secondary N) is 8. The van der Waals surface area contributed by atoms with Crippen molar-refractivity contribution in [3.63, 3.8) is 0 Å². The predicted molar refractivity (Wildman–Crippen MR) is 268 cm³/mol. The Kier molecular flexibility index (Phi) is 27.1. The summed E-state index contributed by atoms with van der Waals surface area (Å²) in [6, 6.07) is 1.46. The number of aliphatic carboxylic acids is 1. The van der Waals surface area contributed by atoms with Crippen LogP contribution in [0.25, 0.3) is 0 Å². The van der Waals surface area contributed by atoms with Crippen molar-refractivity contribution in [2.24, 2.45) is 34.6 Å². The van der Waals surface area contributed by atoms with Gasteiger partial charge < -0.3 is 86.2 Å². The number of primary amides is 4. The third kappa shape index (κ3) is 23.9. The van der Waals surface area contributed by atoms with Gasteiger partial charge in [-0.05, 0) is 29.9 Å². The molecule has 0 aromatic heterocycles. The number of carbonyl (C=O) groups is 14. The Morgan fingerprint density at radius 1 is 0.455 bits per heavy atom. The Labute approximate surface area is 441 Å². The molecule has 12 amide bonds. The average molecular weight is 1080 g/mol. The average Bonchev–Trinajstić information content (AvgIpc) is 3.36. The molecule has 0 fully saturated rings. The lowest BCUT2D eigenvalue weighted by Crippen LogP contribution is -2.61. The van der Waals surface area contributed by atoms with E-state index in [1.54, 1.807) is 74.5 Å². The fraction of sp³-hybridized carbons (Fsp3) is 0.458. The number of hydrogen-bond donors (Lipinski definition) is 15. The SMILES string of the molecule is CC(C)[C@@H](C=O)NC(=O)[C@H](Cc1ccccc1)NC(=O)[C@H](CC(N)=O)NC(=O)[C@H](CC(N)=O)NC(=O)[C@H](CCC(N)=O)NC(=O)[C@H](CC(N)=O)NC(=O)[C@H](CO)NC(=O)[C@H](Cc1ccccc1)NC(=O)[C@@H](N)CCC(=O)O. The van der Waals surface area contributed by atoms with E-state index in [-0.39, 0.29) is 25.2 Å². The molecule has 0 aliphatic rings. The van der Waals surface area contributed by atoms with Crippen LogP contribution in [0.15, 0.2) is 60.7 Å². The molecule has 420 valence electrons. The van der Waals surface area contributed by atoms with E-state index in [2.05, 4.69) is 42.5 Å². The van der Waals surface area contributed by atoms with Gasteiger partial charge in [-0.2, -0.15) is 0 Å². The number of carbonyl (C=O) groups excluding carboxylic acids is 13. The highest BCUT2D eigenvalue weighted by Crippen LogP contribution is 2.10. The lowest BCUT2D eigenvalue weighted by Gasteiger charge is -2.27. The van der Waals surface area contributed by atoms with Crippen LogP contribution in [-0.2, 0) is 80.0 Å². The number of aliphatic hydroxyl groups is 1. The largest absolute Gasteiger partial charge is 0.481 e. The Balaban J connectivity index is 2.40. The Hall–Kier alpha value is -8.86. The van der Waals surface area contributed by atoms with Gasteiger partial charge >= 0.3 is 5.97 Å². The van der Waals surface area contributed by atoms with Crippen LogP contribution in [-0.4, -0.2) is 154 Å². The Morgan fingerprint density at radius 2 is 0.792 bits per heavy atom.